The number of hydrogen-bond acceptors (Lipinski definition) is 3. The standard InChI is InChI=1S/C17H25ClN2O/c1-14(15-3-2-4-16(18)11-15)12-19-6-5-17(13-19)20-7-9-21-10-8-20/h2-4,11,14,17H,5-10,12-13H2,1H3/t14-,17-/m0/s1. The zero-order valence-corrected chi connectivity index (χ0v) is 13.6. The second-order valence-corrected chi connectivity index (χ2v) is 6.74. The zero-order chi connectivity index (χ0) is 14.7. The van der Waals surface area contributed by atoms with Crippen LogP contribution in [-0.4, -0.2) is 61.8 Å². The first-order chi connectivity index (χ1) is 10.2. The minimum Gasteiger partial charge on any atom is -0.379 e. The molecule has 0 aliphatic carbocycles. The fourth-order valence-electron chi connectivity index (χ4n) is 3.52. The van der Waals surface area contributed by atoms with Crippen LogP contribution in [0.5, 0.6) is 0 Å². The van der Waals surface area contributed by atoms with Gasteiger partial charge in [0.15, 0.2) is 0 Å². The highest BCUT2D eigenvalue weighted by atomic mass is 35.5. The molecule has 2 fully saturated rings. The molecule has 0 unspecified atom stereocenters. The van der Waals surface area contributed by atoms with Gasteiger partial charge in [0.1, 0.15) is 0 Å². The van der Waals surface area contributed by atoms with E-state index < -0.39 is 0 Å². The molecule has 2 aliphatic heterocycles. The van der Waals surface area contributed by atoms with Crippen LogP contribution in [0.3, 0.4) is 0 Å². The topological polar surface area (TPSA) is 15.7 Å². The average Bonchev–Trinajstić information content (AvgIpc) is 2.97. The SMILES string of the molecule is C[C@@H](CN1CC[C@H](N2CCOCC2)C1)c1cccc(Cl)c1. The average molecular weight is 309 g/mol. The van der Waals surface area contributed by atoms with Crippen LogP contribution in [0.25, 0.3) is 0 Å². The molecule has 21 heavy (non-hydrogen) atoms. The Morgan fingerprint density at radius 3 is 2.86 bits per heavy atom. The van der Waals surface area contributed by atoms with Gasteiger partial charge in [0.05, 0.1) is 13.2 Å². The van der Waals surface area contributed by atoms with E-state index in [0.717, 1.165) is 43.9 Å². The Bertz CT molecular complexity index is 462. The Morgan fingerprint density at radius 1 is 1.29 bits per heavy atom. The van der Waals surface area contributed by atoms with Gasteiger partial charge < -0.3 is 9.64 Å². The van der Waals surface area contributed by atoms with Crippen molar-refractivity contribution in [3.63, 3.8) is 0 Å². The van der Waals surface area contributed by atoms with Crippen LogP contribution in [0.2, 0.25) is 5.02 Å². The quantitative estimate of drug-likeness (QED) is 0.850. The number of hydrogen-bond donors (Lipinski definition) is 0. The van der Waals surface area contributed by atoms with Crippen molar-refractivity contribution in [2.24, 2.45) is 0 Å². The molecule has 0 aromatic heterocycles. The molecule has 2 saturated heterocycles. The van der Waals surface area contributed by atoms with Crippen LogP contribution in [0, 0.1) is 0 Å². The molecule has 0 amide bonds. The first-order valence-corrected chi connectivity index (χ1v) is 8.40. The molecule has 2 atom stereocenters. The lowest BCUT2D eigenvalue weighted by Gasteiger charge is -2.32. The fraction of sp³-hybridized carbons (Fsp3) is 0.647. The molecule has 0 N–H and O–H groups in total. The van der Waals surface area contributed by atoms with Gasteiger partial charge in [-0.15, -0.1) is 0 Å². The Kier molecular flexibility index (Phi) is 5.17. The Balaban J connectivity index is 1.52. The van der Waals surface area contributed by atoms with Crippen LogP contribution in [0.4, 0.5) is 0 Å². The summed E-state index contributed by atoms with van der Waals surface area (Å²) in [6, 6.07) is 9.00. The number of rotatable bonds is 4. The van der Waals surface area contributed by atoms with Crippen molar-refractivity contribution in [1.82, 2.24) is 9.80 Å². The summed E-state index contributed by atoms with van der Waals surface area (Å²) in [7, 11) is 0. The van der Waals surface area contributed by atoms with Crippen LogP contribution < -0.4 is 0 Å². The maximum absolute atomic E-state index is 6.10. The van der Waals surface area contributed by atoms with Crippen LogP contribution in [-0.2, 0) is 4.74 Å². The summed E-state index contributed by atoms with van der Waals surface area (Å²) >= 11 is 6.10. The highest BCUT2D eigenvalue weighted by Gasteiger charge is 2.29. The predicted octanol–water partition coefficient (Wildman–Crippen LogP) is 2.85. The summed E-state index contributed by atoms with van der Waals surface area (Å²) in [5.41, 5.74) is 1.34. The Labute approximate surface area is 132 Å². The van der Waals surface area contributed by atoms with Gasteiger partial charge in [-0.1, -0.05) is 30.7 Å². The monoisotopic (exact) mass is 308 g/mol. The first-order valence-electron chi connectivity index (χ1n) is 8.02. The highest BCUT2D eigenvalue weighted by molar-refractivity contribution is 6.30. The number of likely N-dealkylation sites (tertiary alicyclic amines) is 1. The molecule has 0 saturated carbocycles. The molecule has 0 bridgehead atoms. The lowest BCUT2D eigenvalue weighted by Crippen LogP contribution is -2.44. The predicted molar refractivity (Wildman–Crippen MR) is 87.1 cm³/mol. The molecule has 116 valence electrons. The van der Waals surface area contributed by atoms with Crippen molar-refractivity contribution < 1.29 is 4.74 Å². The molecule has 0 spiro atoms. The first kappa shape index (κ1) is 15.3. The van der Waals surface area contributed by atoms with Gasteiger partial charge in [-0.25, -0.2) is 0 Å². The maximum Gasteiger partial charge on any atom is 0.0594 e. The van der Waals surface area contributed by atoms with E-state index in [2.05, 4.69) is 34.9 Å². The molecule has 3 nitrogen and oxygen atoms in total. The zero-order valence-electron chi connectivity index (χ0n) is 12.8. The summed E-state index contributed by atoms with van der Waals surface area (Å²) in [6.07, 6.45) is 1.29. The lowest BCUT2D eigenvalue weighted by molar-refractivity contribution is 0.0184. The number of halogens is 1. The summed E-state index contributed by atoms with van der Waals surface area (Å²) in [5.74, 6) is 0.534. The van der Waals surface area contributed by atoms with Gasteiger partial charge in [-0.2, -0.15) is 0 Å². The number of ether oxygens (including phenoxy) is 1. The van der Waals surface area contributed by atoms with E-state index in [1.165, 1.54) is 25.1 Å². The van der Waals surface area contributed by atoms with Gasteiger partial charge in [-0.05, 0) is 36.6 Å². The number of benzene rings is 1. The van der Waals surface area contributed by atoms with E-state index in [1.54, 1.807) is 0 Å². The van der Waals surface area contributed by atoms with Crippen molar-refractivity contribution in [3.8, 4) is 0 Å². The summed E-state index contributed by atoms with van der Waals surface area (Å²) < 4.78 is 5.45. The van der Waals surface area contributed by atoms with Gasteiger partial charge in [-0.3, -0.25) is 4.90 Å². The van der Waals surface area contributed by atoms with Crippen molar-refractivity contribution in [1.29, 1.82) is 0 Å². The van der Waals surface area contributed by atoms with Crippen molar-refractivity contribution in [3.05, 3.63) is 34.9 Å². The van der Waals surface area contributed by atoms with Crippen molar-refractivity contribution in [2.75, 3.05) is 45.9 Å². The van der Waals surface area contributed by atoms with Crippen LogP contribution >= 0.6 is 11.6 Å². The van der Waals surface area contributed by atoms with Gasteiger partial charge in [0, 0.05) is 37.2 Å². The van der Waals surface area contributed by atoms with Gasteiger partial charge >= 0.3 is 0 Å². The van der Waals surface area contributed by atoms with Crippen LogP contribution in [0.15, 0.2) is 24.3 Å². The maximum atomic E-state index is 6.10. The molecule has 3 rings (SSSR count). The molecule has 4 heteroatoms. The van der Waals surface area contributed by atoms with E-state index in [4.69, 9.17) is 16.3 Å². The molecule has 2 aliphatic rings. The third-order valence-corrected chi connectivity index (χ3v) is 4.99. The second-order valence-electron chi connectivity index (χ2n) is 6.31. The number of nitrogens with zero attached hydrogens (tertiary/aromatic N) is 2. The van der Waals surface area contributed by atoms with Crippen LogP contribution in [0.1, 0.15) is 24.8 Å². The van der Waals surface area contributed by atoms with E-state index in [-0.39, 0.29) is 0 Å². The smallest absolute Gasteiger partial charge is 0.0594 e. The third-order valence-electron chi connectivity index (χ3n) is 4.76. The summed E-state index contributed by atoms with van der Waals surface area (Å²) in [4.78, 5) is 5.21. The molecule has 2 heterocycles. The van der Waals surface area contributed by atoms with E-state index in [1.807, 2.05) is 6.07 Å². The van der Waals surface area contributed by atoms with Crippen molar-refractivity contribution >= 4 is 11.6 Å². The normalized spacial score (nSPS) is 26.1. The minimum absolute atomic E-state index is 0.534. The second kappa shape index (κ2) is 7.10. The Morgan fingerprint density at radius 2 is 2.10 bits per heavy atom. The van der Waals surface area contributed by atoms with Gasteiger partial charge in [0.2, 0.25) is 0 Å². The minimum atomic E-state index is 0.534. The fourth-order valence-corrected chi connectivity index (χ4v) is 3.72. The molecule has 1 aromatic carbocycles. The van der Waals surface area contributed by atoms with E-state index >= 15 is 0 Å². The molecule has 0 radical (unpaired) electrons. The van der Waals surface area contributed by atoms with E-state index in [0.29, 0.717) is 5.92 Å². The summed E-state index contributed by atoms with van der Waals surface area (Å²) in [6.45, 7) is 9.84. The lowest BCUT2D eigenvalue weighted by atomic mass is 10.0. The molecular weight excluding hydrogens is 284 g/mol. The van der Waals surface area contributed by atoms with E-state index in [9.17, 15) is 0 Å². The Hall–Kier alpha value is -0.610. The van der Waals surface area contributed by atoms with Crippen molar-refractivity contribution in [2.45, 2.75) is 25.3 Å². The highest BCUT2D eigenvalue weighted by Crippen LogP contribution is 2.23. The third kappa shape index (κ3) is 3.98. The molecule has 1 aromatic rings. The molecular formula is C17H25ClN2O. The summed E-state index contributed by atoms with van der Waals surface area (Å²) in [5, 5.41) is 0.840. The number of morpholine rings is 1. The van der Waals surface area contributed by atoms with Gasteiger partial charge in [0.25, 0.3) is 0 Å². The largest absolute Gasteiger partial charge is 0.379 e.